The number of aliphatic hydroxyl groups is 2. The number of carbonyl (C=O) groups excluding carboxylic acids is 11. The lowest BCUT2D eigenvalue weighted by Gasteiger charge is -2.31. The molecule has 1 aliphatic heterocycles. The lowest BCUT2D eigenvalue weighted by molar-refractivity contribution is -0.132. The van der Waals surface area contributed by atoms with Crippen LogP contribution in [-0.2, 0) is 112 Å². The van der Waals surface area contributed by atoms with E-state index in [1.807, 2.05) is 18.2 Å². The molecular weight excluding hydrogens is 1660 g/mol. The monoisotopic (exact) mass is 1780 g/mol. The van der Waals surface area contributed by atoms with E-state index < -0.39 is 249 Å². The number of rotatable bonds is 39. The van der Waals surface area contributed by atoms with Gasteiger partial charge in [0.25, 0.3) is 0 Å². The van der Waals surface area contributed by atoms with E-state index in [9.17, 15) is 88.5 Å². The Morgan fingerprint density at radius 1 is 0.590 bits per heavy atom. The topological polar surface area (TPSA) is 544 Å². The van der Waals surface area contributed by atoms with Gasteiger partial charge in [0.1, 0.15) is 36.0 Å². The first kappa shape index (κ1) is 101. The Labute approximate surface area is 713 Å². The number of nitrogens with two attached hydrogens (primary N) is 1. The molecule has 15 N–H and O–H groups in total. The molecular formula is C81H117N15O22S4. The molecule has 1 aliphatic rings. The van der Waals surface area contributed by atoms with Gasteiger partial charge in [0.15, 0.2) is 0 Å². The molecule has 10 atom stereocenters. The lowest BCUT2D eigenvalue weighted by atomic mass is 10.0. The van der Waals surface area contributed by atoms with Crippen LogP contribution < -0.4 is 58.9 Å². The summed E-state index contributed by atoms with van der Waals surface area (Å²) in [6.07, 6.45) is -0.986. The van der Waals surface area contributed by atoms with E-state index in [-0.39, 0.29) is 68.1 Å². The first-order valence-electron chi connectivity index (χ1n) is 40.0. The van der Waals surface area contributed by atoms with Gasteiger partial charge in [0.05, 0.1) is 68.1 Å². The Hall–Kier alpha value is -10.1. The number of aromatic hydroxyl groups is 1. The number of amides is 11. The summed E-state index contributed by atoms with van der Waals surface area (Å²) < 4.78 is 116. The van der Waals surface area contributed by atoms with Crippen LogP contribution in [0.5, 0.6) is 5.75 Å². The number of benzene rings is 5. The zero-order chi connectivity index (χ0) is 90.4. The van der Waals surface area contributed by atoms with Crippen molar-refractivity contribution in [1.29, 1.82) is 0 Å². The zero-order valence-electron chi connectivity index (χ0n) is 70.0. The van der Waals surface area contributed by atoms with Gasteiger partial charge in [-0.05, 0) is 136 Å². The Morgan fingerprint density at radius 2 is 1.16 bits per heavy atom. The molecule has 0 saturated carbocycles. The van der Waals surface area contributed by atoms with Gasteiger partial charge >= 0.3 is 0 Å². The molecule has 6 rings (SSSR count). The molecule has 0 aliphatic carbocycles. The van der Waals surface area contributed by atoms with Crippen LogP contribution in [0.3, 0.4) is 0 Å². The van der Waals surface area contributed by atoms with Crippen LogP contribution in [0.2, 0.25) is 0 Å². The molecule has 5 aromatic carbocycles. The quantitative estimate of drug-likeness (QED) is 0.0221. The third-order valence-corrected chi connectivity index (χ3v) is 26.1. The first-order chi connectivity index (χ1) is 57.3. The maximum absolute atomic E-state index is 15.4. The number of nitrogens with zero attached hydrogens (tertiary/aromatic N) is 4. The van der Waals surface area contributed by atoms with Crippen LogP contribution in [0.15, 0.2) is 132 Å². The first-order valence-corrected chi connectivity index (χ1v) is 46.8. The normalized spacial score (nSPS) is 18.3. The van der Waals surface area contributed by atoms with Crippen LogP contribution in [0.1, 0.15) is 110 Å². The summed E-state index contributed by atoms with van der Waals surface area (Å²) in [5, 5.41) is 58.8. The van der Waals surface area contributed by atoms with E-state index in [1.165, 1.54) is 63.2 Å². The number of phenols is 1. The molecule has 11 amide bonds. The summed E-state index contributed by atoms with van der Waals surface area (Å²) in [4.78, 5) is 153. The van der Waals surface area contributed by atoms with E-state index in [1.54, 1.807) is 94.4 Å². The molecule has 0 bridgehead atoms. The van der Waals surface area contributed by atoms with Gasteiger partial charge < -0.3 is 74.2 Å². The molecule has 0 aromatic heterocycles. The smallest absolute Gasteiger partial charge is 0.245 e. The highest BCUT2D eigenvalue weighted by Crippen LogP contribution is 2.25. The number of sulfonamides is 4. The molecule has 1 fully saturated rings. The van der Waals surface area contributed by atoms with Crippen molar-refractivity contribution in [3.63, 3.8) is 0 Å². The van der Waals surface area contributed by atoms with Crippen molar-refractivity contribution >= 4 is 116 Å². The highest BCUT2D eigenvalue weighted by molar-refractivity contribution is 7.89. The fraction of sp³-hybridized carbons (Fsp3) is 0.519. The van der Waals surface area contributed by atoms with Gasteiger partial charge in [0.2, 0.25) is 105 Å². The Kier molecular flexibility index (Phi) is 39.2. The highest BCUT2D eigenvalue weighted by atomic mass is 32.2. The average molecular weight is 1780 g/mol. The Bertz CT molecular complexity index is 4880. The minimum absolute atomic E-state index is 0.0554. The van der Waals surface area contributed by atoms with Gasteiger partial charge in [-0.3, -0.25) is 52.7 Å². The molecule has 1 heterocycles. The lowest BCUT2D eigenvalue weighted by Crippen LogP contribution is -2.58. The third kappa shape index (κ3) is 34.3. The van der Waals surface area contributed by atoms with Gasteiger partial charge in [-0.1, -0.05) is 131 Å². The van der Waals surface area contributed by atoms with E-state index in [0.717, 1.165) is 31.0 Å². The number of aliphatic hydroxyl groups excluding tert-OH is 2. The average Bonchev–Trinajstić information content (AvgIpc) is 0.783. The maximum atomic E-state index is 15.4. The third-order valence-electron chi connectivity index (χ3n) is 19.7. The van der Waals surface area contributed by atoms with Crippen molar-refractivity contribution < 1.29 is 102 Å². The molecule has 5 aromatic rings. The van der Waals surface area contributed by atoms with Gasteiger partial charge in [-0.25, -0.2) is 33.7 Å². The number of hydrogen-bond acceptors (Lipinski definition) is 22. The van der Waals surface area contributed by atoms with Gasteiger partial charge in [-0.2, -0.15) is 17.2 Å². The number of nitrogens with one attached hydrogen (secondary N) is 10. The summed E-state index contributed by atoms with van der Waals surface area (Å²) in [6.45, 7) is 2.81. The molecule has 0 unspecified atom stereocenters. The second kappa shape index (κ2) is 47.5. The Morgan fingerprint density at radius 3 is 1.76 bits per heavy atom. The molecule has 122 heavy (non-hydrogen) atoms. The second-order valence-corrected chi connectivity index (χ2v) is 39.4. The number of phenolic OH excluding ortho intramolecular Hbond substituents is 1. The number of primary amides is 1. The predicted molar refractivity (Wildman–Crippen MR) is 455 cm³/mol. The van der Waals surface area contributed by atoms with Crippen LogP contribution in [-0.4, -0.2) is 275 Å². The van der Waals surface area contributed by atoms with Gasteiger partial charge in [0, 0.05) is 63.7 Å². The highest BCUT2D eigenvalue weighted by Gasteiger charge is 2.38. The molecule has 0 spiro atoms. The minimum atomic E-state index is -4.87. The zero-order valence-corrected chi connectivity index (χ0v) is 73.3. The predicted octanol–water partition coefficient (Wildman–Crippen LogP) is -1.15. The van der Waals surface area contributed by atoms with Gasteiger partial charge in [-0.15, -0.1) is 0 Å². The molecule has 41 heteroatoms. The molecule has 37 nitrogen and oxygen atoms in total. The summed E-state index contributed by atoms with van der Waals surface area (Å²) >= 11 is 0. The summed E-state index contributed by atoms with van der Waals surface area (Å²) in [5.74, 6) is -11.8. The fourth-order valence-corrected chi connectivity index (χ4v) is 18.2. The largest absolute Gasteiger partial charge is 0.508 e. The fourth-order valence-electron chi connectivity index (χ4n) is 13.3. The van der Waals surface area contributed by atoms with Crippen molar-refractivity contribution in [2.24, 2.45) is 17.6 Å². The number of hydrogen-bond donors (Lipinski definition) is 14. The minimum Gasteiger partial charge on any atom is -0.508 e. The summed E-state index contributed by atoms with van der Waals surface area (Å²) in [6, 6.07) is 21.4. The second-order valence-electron chi connectivity index (χ2n) is 31.5. The molecule has 0 radical (unpaired) electrons. The van der Waals surface area contributed by atoms with E-state index in [0.29, 0.717) is 32.6 Å². The van der Waals surface area contributed by atoms with Crippen molar-refractivity contribution in [3.05, 3.63) is 144 Å². The van der Waals surface area contributed by atoms with Crippen molar-refractivity contribution in [2.45, 2.75) is 178 Å². The van der Waals surface area contributed by atoms with Crippen molar-refractivity contribution in [1.82, 2.24) is 70.4 Å². The van der Waals surface area contributed by atoms with E-state index >= 15 is 13.2 Å². The molecule has 1 saturated heterocycles. The maximum Gasteiger partial charge on any atom is 0.245 e. The van der Waals surface area contributed by atoms with Crippen LogP contribution in [0.4, 0.5) is 0 Å². The van der Waals surface area contributed by atoms with Crippen molar-refractivity contribution in [2.75, 3.05) is 83.8 Å². The number of carbonyl (C=O) groups is 11. The molecule has 672 valence electrons. The summed E-state index contributed by atoms with van der Waals surface area (Å²) in [5.41, 5.74) is 7.07. The summed E-state index contributed by atoms with van der Waals surface area (Å²) in [7, 11) is -18.1. The van der Waals surface area contributed by atoms with Crippen molar-refractivity contribution in [3.8, 4) is 5.75 Å². The van der Waals surface area contributed by atoms with Crippen LogP contribution in [0, 0.1) is 11.8 Å². The van der Waals surface area contributed by atoms with Crippen LogP contribution in [0.25, 0.3) is 10.8 Å². The van der Waals surface area contributed by atoms with E-state index in [2.05, 4.69) is 53.2 Å². The Balaban J connectivity index is 1.34. The van der Waals surface area contributed by atoms with E-state index in [4.69, 9.17) is 5.73 Å². The number of fused-ring (bicyclic) bond motifs is 1. The standard InChI is InChI=1S/C81H117N15O22S4/c1-52(2)38-69(80(109)89-65(50-97)45-94(120(9,113)114)46-72(102)84-54(5)77(82)106)91-75(105)48-95(121(115,116)51-53(3)4)42-62-26-18-19-37-83-70(100)36-34-68(90-74(104)47-93(119(8,111)112)43-63(39-58-22-14-11-15-23-58)88-81(110)76(56(7)98)92-71(101)35-29-57-20-12-10-13-21-57)79(108)87-64(40-59-27-31-66(99)32-28-59)44-96(49-73(103)85-55(6)78(107)86-62)122(117,118)67-33-30-60-24-16-17-25-61(60)41-67/h10-17,20-25,27-28,30-33,41,52-56,62-65,68-69,76,97-99H,18-19,26,29,34-40,42-51H2,1-9H3,(H2,82,106)(H,83,100)(H,84,102)(H,85,103)(H,86,107)(H,87,108)(H,88,110)(H,89,109)(H,90,104)(H,91,105)(H,92,101)/t54-,55-,56+,62-,63-,64-,65+,68-,69-,76-/m0/s1. The number of aryl methyl sites for hydroxylation is 1. The SMILES string of the molecule is CC(C)C[C@H](NC(=O)CN(C[C@@H]1CCCCNC(=O)CC[C@H](NC(=O)CN(C[C@H](Cc2ccccc2)NC(=O)[C@@H](NC(=O)CCc2ccccc2)[C@@H](C)O)S(C)(=O)=O)C(=O)N[C@@H](Cc2ccc(O)cc2)CN(S(=O)(=O)c2ccc3ccccc3c2)CC(=O)N[C@@H](C)C(=O)N1)S(=O)(=O)CC(C)C)C(=O)N[C@@H](CO)CN(CC(=O)N[C@@H](C)C(N)=O)S(C)(=O)=O. The van der Waals surface area contributed by atoms with Crippen LogP contribution >= 0.6 is 0 Å².